The molecule has 1 aliphatic heterocycles. The molecule has 1 aromatic carbocycles. The highest BCUT2D eigenvalue weighted by atomic mass is 32.1. The number of hydrogen-bond acceptors (Lipinski definition) is 3. The van der Waals surface area contributed by atoms with Crippen molar-refractivity contribution >= 4 is 17.2 Å². The zero-order chi connectivity index (χ0) is 18.3. The lowest BCUT2D eigenvalue weighted by molar-refractivity contribution is -0.143. The van der Waals surface area contributed by atoms with Crippen LogP contribution < -0.4 is 0 Å². The summed E-state index contributed by atoms with van der Waals surface area (Å²) < 4.78 is 41.9. The minimum Gasteiger partial charge on any atom is -0.334 e. The number of amides is 1. The minimum absolute atomic E-state index is 0.262. The highest BCUT2D eigenvalue weighted by Gasteiger charge is 2.41. The largest absolute Gasteiger partial charge is 0.434 e. The predicted octanol–water partition coefficient (Wildman–Crippen LogP) is 4.15. The van der Waals surface area contributed by atoms with Gasteiger partial charge in [-0.15, -0.1) is 11.3 Å². The van der Waals surface area contributed by atoms with Gasteiger partial charge in [0.25, 0.3) is 5.91 Å². The van der Waals surface area contributed by atoms with E-state index in [-0.39, 0.29) is 5.69 Å². The maximum absolute atomic E-state index is 13.7. The van der Waals surface area contributed by atoms with Gasteiger partial charge in [0.2, 0.25) is 0 Å². The fourth-order valence-corrected chi connectivity index (χ4v) is 4.02. The fourth-order valence-electron chi connectivity index (χ4n) is 3.13. The van der Waals surface area contributed by atoms with E-state index >= 15 is 0 Å². The number of para-hydroxylation sites is 1. The van der Waals surface area contributed by atoms with E-state index in [9.17, 15) is 18.0 Å². The number of rotatable bonds is 2. The number of alkyl halides is 3. The van der Waals surface area contributed by atoms with E-state index in [1.807, 2.05) is 11.4 Å². The van der Waals surface area contributed by atoms with E-state index < -0.39 is 23.3 Å². The van der Waals surface area contributed by atoms with Gasteiger partial charge in [0.15, 0.2) is 5.69 Å². The molecule has 0 bridgehead atoms. The molecule has 4 nitrogen and oxygen atoms in total. The summed E-state index contributed by atoms with van der Waals surface area (Å²) in [5.74, 6) is -0.642. The van der Waals surface area contributed by atoms with Crippen LogP contribution in [0.3, 0.4) is 0 Å². The summed E-state index contributed by atoms with van der Waals surface area (Å²) in [6, 6.07) is 9.92. The van der Waals surface area contributed by atoms with Crippen molar-refractivity contribution in [2.24, 2.45) is 0 Å². The molecule has 0 N–H and O–H groups in total. The van der Waals surface area contributed by atoms with Crippen LogP contribution in [0, 0.1) is 0 Å². The van der Waals surface area contributed by atoms with E-state index in [0.29, 0.717) is 19.5 Å². The molecule has 0 unspecified atom stereocenters. The molecule has 134 valence electrons. The molecule has 26 heavy (non-hydrogen) atoms. The number of aromatic nitrogens is 2. The number of carbonyl (C=O) groups excluding carboxylic acids is 1. The number of halogens is 3. The third kappa shape index (κ3) is 2.90. The first-order valence-electron chi connectivity index (χ1n) is 8.00. The predicted molar refractivity (Wildman–Crippen MR) is 91.3 cm³/mol. The summed E-state index contributed by atoms with van der Waals surface area (Å²) in [5, 5.41) is 5.79. The molecule has 8 heteroatoms. The van der Waals surface area contributed by atoms with Crippen LogP contribution >= 0.6 is 11.3 Å². The SMILES string of the molecule is O=C(c1cnn(-c2ccccc2)c1C(F)(F)F)N1CCc2sccc2C1. The lowest BCUT2D eigenvalue weighted by Crippen LogP contribution is -2.36. The summed E-state index contributed by atoms with van der Waals surface area (Å²) in [4.78, 5) is 15.5. The number of fused-ring (bicyclic) bond motifs is 1. The van der Waals surface area contributed by atoms with Gasteiger partial charge in [0.1, 0.15) is 0 Å². The molecule has 2 aromatic heterocycles. The highest BCUT2D eigenvalue weighted by molar-refractivity contribution is 7.10. The summed E-state index contributed by atoms with van der Waals surface area (Å²) >= 11 is 1.61. The molecular formula is C18H14F3N3OS. The Hall–Kier alpha value is -2.61. The molecule has 3 aromatic rings. The van der Waals surface area contributed by atoms with Crippen molar-refractivity contribution in [2.45, 2.75) is 19.1 Å². The van der Waals surface area contributed by atoms with Gasteiger partial charge in [-0.05, 0) is 35.6 Å². The van der Waals surface area contributed by atoms with Crippen molar-refractivity contribution in [3.05, 3.63) is 69.7 Å². The molecule has 0 saturated carbocycles. The Morgan fingerprint density at radius 2 is 1.92 bits per heavy atom. The lowest BCUT2D eigenvalue weighted by Gasteiger charge is -2.27. The first-order chi connectivity index (χ1) is 12.4. The normalized spacial score (nSPS) is 14.3. The first kappa shape index (κ1) is 16.8. The van der Waals surface area contributed by atoms with Crippen molar-refractivity contribution in [2.75, 3.05) is 6.54 Å². The van der Waals surface area contributed by atoms with E-state index in [1.165, 1.54) is 21.9 Å². The van der Waals surface area contributed by atoms with Crippen LogP contribution in [0.2, 0.25) is 0 Å². The van der Waals surface area contributed by atoms with Crippen molar-refractivity contribution in [1.29, 1.82) is 0 Å². The quantitative estimate of drug-likeness (QED) is 0.673. The first-order valence-corrected chi connectivity index (χ1v) is 8.88. The summed E-state index contributed by atoms with van der Waals surface area (Å²) in [7, 11) is 0. The van der Waals surface area contributed by atoms with Gasteiger partial charge in [-0.1, -0.05) is 18.2 Å². The third-order valence-corrected chi connectivity index (χ3v) is 5.39. The average molecular weight is 377 g/mol. The third-order valence-electron chi connectivity index (χ3n) is 4.36. The molecule has 3 heterocycles. The van der Waals surface area contributed by atoms with Crippen LogP contribution in [0.25, 0.3) is 5.69 Å². The summed E-state index contributed by atoms with van der Waals surface area (Å²) in [6.07, 6.45) is -3.02. The van der Waals surface area contributed by atoms with E-state index in [0.717, 1.165) is 16.4 Å². The molecule has 0 fully saturated rings. The number of thiophene rings is 1. The van der Waals surface area contributed by atoms with Crippen LogP contribution in [-0.2, 0) is 19.1 Å². The van der Waals surface area contributed by atoms with Crippen LogP contribution in [0.4, 0.5) is 13.2 Å². The Morgan fingerprint density at radius 1 is 1.15 bits per heavy atom. The second-order valence-corrected chi connectivity index (χ2v) is 7.00. The van der Waals surface area contributed by atoms with Crippen molar-refractivity contribution in [3.8, 4) is 5.69 Å². The number of carbonyl (C=O) groups is 1. The van der Waals surface area contributed by atoms with Crippen LogP contribution in [0.1, 0.15) is 26.5 Å². The van der Waals surface area contributed by atoms with Gasteiger partial charge in [0.05, 0.1) is 17.4 Å². The Bertz CT molecular complexity index is 946. The van der Waals surface area contributed by atoms with Gasteiger partial charge in [-0.3, -0.25) is 4.79 Å². The average Bonchev–Trinajstić information content (AvgIpc) is 3.27. The molecule has 0 aliphatic carbocycles. The van der Waals surface area contributed by atoms with Crippen molar-refractivity contribution < 1.29 is 18.0 Å². The second kappa shape index (κ2) is 6.28. The lowest BCUT2D eigenvalue weighted by atomic mass is 10.1. The highest BCUT2D eigenvalue weighted by Crippen LogP contribution is 2.35. The summed E-state index contributed by atoms with van der Waals surface area (Å²) in [6.45, 7) is 0.728. The van der Waals surface area contributed by atoms with E-state index in [1.54, 1.807) is 29.5 Å². The maximum atomic E-state index is 13.7. The Kier molecular flexibility index (Phi) is 4.07. The Morgan fingerprint density at radius 3 is 2.65 bits per heavy atom. The molecule has 0 atom stereocenters. The second-order valence-electron chi connectivity index (χ2n) is 6.00. The fraction of sp³-hybridized carbons (Fsp3) is 0.222. The zero-order valence-electron chi connectivity index (χ0n) is 13.5. The molecule has 0 spiro atoms. The van der Waals surface area contributed by atoms with Gasteiger partial charge in [-0.25, -0.2) is 4.68 Å². The smallest absolute Gasteiger partial charge is 0.334 e. The van der Waals surface area contributed by atoms with Crippen LogP contribution in [0.5, 0.6) is 0 Å². The van der Waals surface area contributed by atoms with Crippen molar-refractivity contribution in [1.82, 2.24) is 14.7 Å². The van der Waals surface area contributed by atoms with Crippen LogP contribution in [0.15, 0.2) is 48.0 Å². The summed E-state index contributed by atoms with van der Waals surface area (Å²) in [5.41, 5.74) is -0.193. The number of nitrogens with zero attached hydrogens (tertiary/aromatic N) is 3. The van der Waals surface area contributed by atoms with Crippen LogP contribution in [-0.4, -0.2) is 27.1 Å². The maximum Gasteiger partial charge on any atom is 0.434 e. The van der Waals surface area contributed by atoms with Gasteiger partial charge < -0.3 is 4.90 Å². The Labute approximate surface area is 151 Å². The molecule has 4 rings (SSSR count). The van der Waals surface area contributed by atoms with E-state index in [2.05, 4.69) is 5.10 Å². The van der Waals surface area contributed by atoms with Gasteiger partial charge in [0, 0.05) is 18.0 Å². The van der Waals surface area contributed by atoms with Gasteiger partial charge in [-0.2, -0.15) is 18.3 Å². The molecule has 1 amide bonds. The number of benzene rings is 1. The zero-order valence-corrected chi connectivity index (χ0v) is 14.3. The molecular weight excluding hydrogens is 363 g/mol. The monoisotopic (exact) mass is 377 g/mol. The van der Waals surface area contributed by atoms with E-state index in [4.69, 9.17) is 0 Å². The Balaban J connectivity index is 1.73. The van der Waals surface area contributed by atoms with Crippen molar-refractivity contribution in [3.63, 3.8) is 0 Å². The molecule has 0 radical (unpaired) electrons. The minimum atomic E-state index is -4.69. The molecule has 0 saturated heterocycles. The number of hydrogen-bond donors (Lipinski definition) is 0. The molecule has 1 aliphatic rings. The topological polar surface area (TPSA) is 38.1 Å². The van der Waals surface area contributed by atoms with Gasteiger partial charge >= 0.3 is 6.18 Å². The standard InChI is InChI=1S/C18H14F3N3OS/c19-18(20,21)16-14(10-22-24(16)13-4-2-1-3-5-13)17(25)23-8-6-15-12(11-23)7-9-26-15/h1-5,7,9-10H,6,8,11H2.